The molecule has 0 atom stereocenters. The van der Waals surface area contributed by atoms with Crippen LogP contribution in [0.5, 0.6) is 0 Å². The highest BCUT2D eigenvalue weighted by Gasteiger charge is 2.47. The van der Waals surface area contributed by atoms with Crippen molar-refractivity contribution in [3.8, 4) is 0 Å². The molecule has 1 amide bonds. The second-order valence-corrected chi connectivity index (χ2v) is 4.98. The number of rotatable bonds is 1. The fourth-order valence-corrected chi connectivity index (χ4v) is 3.15. The number of nitrogens with one attached hydrogen (secondary N) is 2. The van der Waals surface area contributed by atoms with Gasteiger partial charge in [0.15, 0.2) is 0 Å². The number of piperidine rings is 1. The van der Waals surface area contributed by atoms with Crippen LogP contribution in [0.15, 0.2) is 18.2 Å². The standard InChI is InChI=1S/C14H18N2O/c1-2-10-4-3-5-11-12(10)16-13(17)14(11)6-8-15-9-7-14/h3-5,15H,2,6-9H2,1H3,(H,16,17). The van der Waals surface area contributed by atoms with Crippen LogP contribution in [0, 0.1) is 0 Å². The van der Waals surface area contributed by atoms with Crippen LogP contribution in [0.1, 0.15) is 30.9 Å². The number of carbonyl (C=O) groups excluding carboxylic acids is 1. The number of fused-ring (bicyclic) bond motifs is 2. The zero-order valence-corrected chi connectivity index (χ0v) is 10.2. The molecule has 2 aliphatic rings. The lowest BCUT2D eigenvalue weighted by molar-refractivity contribution is -0.121. The SMILES string of the molecule is CCc1cccc2c1NC(=O)C21CCNCC1. The number of hydrogen-bond acceptors (Lipinski definition) is 2. The Hall–Kier alpha value is -1.35. The van der Waals surface area contributed by atoms with E-state index in [1.807, 2.05) is 0 Å². The van der Waals surface area contributed by atoms with E-state index >= 15 is 0 Å². The van der Waals surface area contributed by atoms with E-state index in [0.29, 0.717) is 0 Å². The number of amides is 1. The third kappa shape index (κ3) is 1.42. The van der Waals surface area contributed by atoms with Crippen molar-refractivity contribution in [2.75, 3.05) is 18.4 Å². The minimum atomic E-state index is -0.258. The quantitative estimate of drug-likeness (QED) is 0.772. The van der Waals surface area contributed by atoms with E-state index in [9.17, 15) is 4.79 Å². The number of para-hydroxylation sites is 1. The van der Waals surface area contributed by atoms with Gasteiger partial charge in [0.25, 0.3) is 0 Å². The highest BCUT2D eigenvalue weighted by molar-refractivity contribution is 6.07. The number of anilines is 1. The summed E-state index contributed by atoms with van der Waals surface area (Å²) in [6, 6.07) is 6.32. The van der Waals surface area contributed by atoms with Gasteiger partial charge < -0.3 is 10.6 Å². The molecule has 3 nitrogen and oxygen atoms in total. The molecule has 1 fully saturated rings. The summed E-state index contributed by atoms with van der Waals surface area (Å²) >= 11 is 0. The smallest absolute Gasteiger partial charge is 0.235 e. The molecule has 3 rings (SSSR count). The highest BCUT2D eigenvalue weighted by Crippen LogP contribution is 2.45. The number of benzene rings is 1. The van der Waals surface area contributed by atoms with E-state index in [4.69, 9.17) is 0 Å². The zero-order chi connectivity index (χ0) is 11.9. The minimum Gasteiger partial charge on any atom is -0.325 e. The zero-order valence-electron chi connectivity index (χ0n) is 10.2. The summed E-state index contributed by atoms with van der Waals surface area (Å²) in [4.78, 5) is 12.3. The van der Waals surface area contributed by atoms with Gasteiger partial charge in [-0.3, -0.25) is 4.79 Å². The number of hydrogen-bond donors (Lipinski definition) is 2. The maximum absolute atomic E-state index is 12.3. The molecule has 90 valence electrons. The van der Waals surface area contributed by atoms with Gasteiger partial charge in [-0.05, 0) is 43.5 Å². The second-order valence-electron chi connectivity index (χ2n) is 4.98. The van der Waals surface area contributed by atoms with Crippen molar-refractivity contribution in [2.45, 2.75) is 31.6 Å². The third-order valence-electron chi connectivity index (χ3n) is 4.18. The monoisotopic (exact) mass is 230 g/mol. The van der Waals surface area contributed by atoms with Crippen molar-refractivity contribution in [2.24, 2.45) is 0 Å². The van der Waals surface area contributed by atoms with E-state index in [1.165, 1.54) is 11.1 Å². The first-order valence-corrected chi connectivity index (χ1v) is 6.42. The summed E-state index contributed by atoms with van der Waals surface area (Å²) in [6.07, 6.45) is 2.80. The fraction of sp³-hybridized carbons (Fsp3) is 0.500. The Morgan fingerprint density at radius 3 is 2.76 bits per heavy atom. The van der Waals surface area contributed by atoms with Crippen LogP contribution >= 0.6 is 0 Å². The van der Waals surface area contributed by atoms with Crippen molar-refractivity contribution in [3.63, 3.8) is 0 Å². The lowest BCUT2D eigenvalue weighted by atomic mass is 9.74. The molecule has 1 spiro atoms. The molecular formula is C14H18N2O. The molecule has 1 saturated heterocycles. The summed E-state index contributed by atoms with van der Waals surface area (Å²) in [5, 5.41) is 6.45. The second kappa shape index (κ2) is 3.84. The summed E-state index contributed by atoms with van der Waals surface area (Å²) < 4.78 is 0. The third-order valence-corrected chi connectivity index (χ3v) is 4.18. The average molecular weight is 230 g/mol. The van der Waals surface area contributed by atoms with Gasteiger partial charge in [0.05, 0.1) is 5.41 Å². The number of carbonyl (C=O) groups is 1. The molecule has 2 N–H and O–H groups in total. The Kier molecular flexibility index (Phi) is 2.44. The first-order chi connectivity index (χ1) is 8.28. The van der Waals surface area contributed by atoms with Gasteiger partial charge in [-0.2, -0.15) is 0 Å². The van der Waals surface area contributed by atoms with Crippen LogP contribution in [-0.2, 0) is 16.6 Å². The van der Waals surface area contributed by atoms with Crippen LogP contribution in [0.25, 0.3) is 0 Å². The molecule has 1 aromatic rings. The Morgan fingerprint density at radius 2 is 2.06 bits per heavy atom. The lowest BCUT2D eigenvalue weighted by Gasteiger charge is -2.32. The lowest BCUT2D eigenvalue weighted by Crippen LogP contribution is -2.44. The van der Waals surface area contributed by atoms with Gasteiger partial charge in [0.1, 0.15) is 0 Å². The molecule has 17 heavy (non-hydrogen) atoms. The van der Waals surface area contributed by atoms with E-state index in [0.717, 1.165) is 38.0 Å². The minimum absolute atomic E-state index is 0.204. The van der Waals surface area contributed by atoms with Gasteiger partial charge in [-0.15, -0.1) is 0 Å². The van der Waals surface area contributed by atoms with E-state index in [1.54, 1.807) is 0 Å². The molecule has 0 aromatic heterocycles. The molecule has 0 radical (unpaired) electrons. The van der Waals surface area contributed by atoms with Gasteiger partial charge in [-0.25, -0.2) is 0 Å². The van der Waals surface area contributed by atoms with Gasteiger partial charge in [0.2, 0.25) is 5.91 Å². The van der Waals surface area contributed by atoms with Crippen LogP contribution in [0.2, 0.25) is 0 Å². The van der Waals surface area contributed by atoms with Gasteiger partial charge in [-0.1, -0.05) is 25.1 Å². The van der Waals surface area contributed by atoms with E-state index in [2.05, 4.69) is 35.8 Å². The first kappa shape index (κ1) is 10.8. The normalized spacial score (nSPS) is 21.4. The molecule has 2 aliphatic heterocycles. The molecular weight excluding hydrogens is 212 g/mol. The molecule has 2 heterocycles. The maximum Gasteiger partial charge on any atom is 0.235 e. The Balaban J connectivity index is 2.13. The van der Waals surface area contributed by atoms with Gasteiger partial charge >= 0.3 is 0 Å². The van der Waals surface area contributed by atoms with Crippen molar-refractivity contribution < 1.29 is 4.79 Å². The Morgan fingerprint density at radius 1 is 1.29 bits per heavy atom. The van der Waals surface area contributed by atoms with Crippen LogP contribution in [0.3, 0.4) is 0 Å². The summed E-state index contributed by atoms with van der Waals surface area (Å²) in [5.74, 6) is 0.204. The predicted molar refractivity (Wildman–Crippen MR) is 68.2 cm³/mol. The van der Waals surface area contributed by atoms with Crippen LogP contribution in [0.4, 0.5) is 5.69 Å². The average Bonchev–Trinajstić information content (AvgIpc) is 2.64. The topological polar surface area (TPSA) is 41.1 Å². The van der Waals surface area contributed by atoms with Gasteiger partial charge in [0, 0.05) is 5.69 Å². The molecule has 0 aliphatic carbocycles. The molecule has 0 saturated carbocycles. The predicted octanol–water partition coefficient (Wildman–Crippen LogP) is 1.82. The van der Waals surface area contributed by atoms with Crippen LogP contribution in [-0.4, -0.2) is 19.0 Å². The summed E-state index contributed by atoms with van der Waals surface area (Å²) in [7, 11) is 0. The number of aryl methyl sites for hydroxylation is 1. The molecule has 0 unspecified atom stereocenters. The molecule has 3 heteroatoms. The van der Waals surface area contributed by atoms with Crippen molar-refractivity contribution in [3.05, 3.63) is 29.3 Å². The summed E-state index contributed by atoms with van der Waals surface area (Å²) in [6.45, 7) is 4.00. The van der Waals surface area contributed by atoms with Crippen LogP contribution < -0.4 is 10.6 Å². The van der Waals surface area contributed by atoms with Crippen molar-refractivity contribution in [1.29, 1.82) is 0 Å². The maximum atomic E-state index is 12.3. The molecule has 1 aromatic carbocycles. The largest absolute Gasteiger partial charge is 0.325 e. The van der Waals surface area contributed by atoms with Crippen molar-refractivity contribution in [1.82, 2.24) is 5.32 Å². The fourth-order valence-electron chi connectivity index (χ4n) is 3.15. The Bertz CT molecular complexity index is 461. The van der Waals surface area contributed by atoms with E-state index in [-0.39, 0.29) is 11.3 Å². The Labute approximate surface area is 102 Å². The molecule has 0 bridgehead atoms. The van der Waals surface area contributed by atoms with Crippen molar-refractivity contribution >= 4 is 11.6 Å². The highest BCUT2D eigenvalue weighted by atomic mass is 16.2. The van der Waals surface area contributed by atoms with E-state index < -0.39 is 0 Å². The first-order valence-electron chi connectivity index (χ1n) is 6.42. The summed E-state index contributed by atoms with van der Waals surface area (Å²) in [5.41, 5.74) is 3.31.